The molecule has 3 N–H and O–H groups in total. The molecule has 102 valence electrons. The minimum atomic E-state index is -0.0463. The van der Waals surface area contributed by atoms with Crippen molar-refractivity contribution in [3.8, 4) is 5.75 Å². The average molecular weight is 338 g/mol. The van der Waals surface area contributed by atoms with Crippen molar-refractivity contribution >= 4 is 34.2 Å². The molecular formula is C12H18BrClN2O2. The lowest BCUT2D eigenvalue weighted by Gasteiger charge is -2.12. The van der Waals surface area contributed by atoms with Gasteiger partial charge in [0.15, 0.2) is 0 Å². The maximum Gasteiger partial charge on any atom is 0.223 e. The molecule has 1 aromatic rings. The third-order valence-corrected chi connectivity index (χ3v) is 2.84. The molecule has 0 aliphatic heterocycles. The number of hydrogen-bond donors (Lipinski definition) is 2. The van der Waals surface area contributed by atoms with Gasteiger partial charge in [0.2, 0.25) is 5.91 Å². The van der Waals surface area contributed by atoms with Gasteiger partial charge in [0.1, 0.15) is 5.75 Å². The summed E-state index contributed by atoms with van der Waals surface area (Å²) in [4.78, 5) is 11.4. The lowest BCUT2D eigenvalue weighted by molar-refractivity contribution is -0.122. The molecule has 0 fully saturated rings. The van der Waals surface area contributed by atoms with Gasteiger partial charge < -0.3 is 15.8 Å². The molecule has 0 unspecified atom stereocenters. The first-order chi connectivity index (χ1) is 8.13. The number of benzene rings is 1. The summed E-state index contributed by atoms with van der Waals surface area (Å²) in [7, 11) is 0. The maximum absolute atomic E-state index is 11.4. The van der Waals surface area contributed by atoms with Crippen LogP contribution in [0, 0.1) is 0 Å². The van der Waals surface area contributed by atoms with Gasteiger partial charge in [0, 0.05) is 12.6 Å². The number of carbonyl (C=O) groups is 1. The second-order valence-electron chi connectivity index (χ2n) is 3.73. The maximum atomic E-state index is 11.4. The van der Waals surface area contributed by atoms with E-state index in [2.05, 4.69) is 21.2 Å². The van der Waals surface area contributed by atoms with Gasteiger partial charge in [-0.2, -0.15) is 0 Å². The van der Waals surface area contributed by atoms with Crippen LogP contribution >= 0.6 is 28.3 Å². The molecule has 0 aliphatic rings. The van der Waals surface area contributed by atoms with Crippen molar-refractivity contribution in [3.05, 3.63) is 28.7 Å². The second kappa shape index (κ2) is 9.19. The highest BCUT2D eigenvalue weighted by molar-refractivity contribution is 9.10. The van der Waals surface area contributed by atoms with Crippen LogP contribution in [0.2, 0.25) is 0 Å². The Labute approximate surface area is 122 Å². The fraction of sp³-hybridized carbons (Fsp3) is 0.417. The monoisotopic (exact) mass is 336 g/mol. The smallest absolute Gasteiger partial charge is 0.223 e. The number of nitrogens with one attached hydrogen (secondary N) is 1. The van der Waals surface area contributed by atoms with Crippen LogP contribution in [0.4, 0.5) is 0 Å². The largest absolute Gasteiger partial charge is 0.492 e. The molecule has 1 amide bonds. The van der Waals surface area contributed by atoms with Crippen LogP contribution in [-0.4, -0.2) is 25.1 Å². The zero-order valence-corrected chi connectivity index (χ0v) is 12.6. The third-order valence-electron chi connectivity index (χ3n) is 2.18. The van der Waals surface area contributed by atoms with E-state index >= 15 is 0 Å². The molecule has 18 heavy (non-hydrogen) atoms. The summed E-state index contributed by atoms with van der Waals surface area (Å²) in [6, 6.07) is 7.55. The molecule has 0 aromatic heterocycles. The number of nitrogens with two attached hydrogens (primary N) is 1. The first-order valence-corrected chi connectivity index (χ1v) is 6.29. The molecular weight excluding hydrogens is 320 g/mol. The Morgan fingerprint density at radius 2 is 2.17 bits per heavy atom. The summed E-state index contributed by atoms with van der Waals surface area (Å²) < 4.78 is 6.37. The summed E-state index contributed by atoms with van der Waals surface area (Å²) in [5, 5.41) is 2.77. The standard InChI is InChI=1S/C12H17BrN2O2.ClH/c1-9(8-14)15-12(16)6-7-17-11-5-3-2-4-10(11)13;/h2-5,9H,6-8,14H2,1H3,(H,15,16);1H/t9-;/m0./s1. The first kappa shape index (κ1) is 17.2. The summed E-state index contributed by atoms with van der Waals surface area (Å²) in [5.41, 5.74) is 5.41. The zero-order valence-electron chi connectivity index (χ0n) is 10.2. The van der Waals surface area contributed by atoms with Crippen molar-refractivity contribution in [1.29, 1.82) is 0 Å². The van der Waals surface area contributed by atoms with Crippen LogP contribution < -0.4 is 15.8 Å². The predicted octanol–water partition coefficient (Wildman–Crippen LogP) is 2.10. The van der Waals surface area contributed by atoms with Gasteiger partial charge in [0.25, 0.3) is 0 Å². The van der Waals surface area contributed by atoms with Gasteiger partial charge >= 0.3 is 0 Å². The van der Waals surface area contributed by atoms with Gasteiger partial charge in [-0.1, -0.05) is 12.1 Å². The molecule has 0 heterocycles. The van der Waals surface area contributed by atoms with Crippen LogP contribution in [0.1, 0.15) is 13.3 Å². The van der Waals surface area contributed by atoms with E-state index in [1.54, 1.807) is 0 Å². The van der Waals surface area contributed by atoms with Gasteiger partial charge in [-0.3, -0.25) is 4.79 Å². The molecule has 0 radical (unpaired) electrons. The average Bonchev–Trinajstić information content (AvgIpc) is 2.31. The number of halogens is 2. The summed E-state index contributed by atoms with van der Waals surface area (Å²) in [6.45, 7) is 2.66. The van der Waals surface area contributed by atoms with E-state index in [1.807, 2.05) is 31.2 Å². The van der Waals surface area contributed by atoms with E-state index in [1.165, 1.54) is 0 Å². The zero-order chi connectivity index (χ0) is 12.7. The molecule has 4 nitrogen and oxygen atoms in total. The molecule has 1 aromatic carbocycles. The Morgan fingerprint density at radius 3 is 2.78 bits per heavy atom. The molecule has 1 atom stereocenters. The number of para-hydroxylation sites is 1. The van der Waals surface area contributed by atoms with Crippen molar-refractivity contribution in [3.63, 3.8) is 0 Å². The molecule has 0 saturated heterocycles. The lowest BCUT2D eigenvalue weighted by atomic mass is 10.3. The van der Waals surface area contributed by atoms with Gasteiger partial charge in [-0.25, -0.2) is 0 Å². The van der Waals surface area contributed by atoms with Gasteiger partial charge in [-0.15, -0.1) is 12.4 Å². The first-order valence-electron chi connectivity index (χ1n) is 5.50. The number of ether oxygens (including phenoxy) is 1. The van der Waals surface area contributed by atoms with E-state index in [9.17, 15) is 4.79 Å². The van der Waals surface area contributed by atoms with E-state index < -0.39 is 0 Å². The van der Waals surface area contributed by atoms with Crippen LogP contribution in [0.25, 0.3) is 0 Å². The molecule has 0 saturated carbocycles. The molecule has 0 aliphatic carbocycles. The Bertz CT molecular complexity index is 377. The highest BCUT2D eigenvalue weighted by atomic mass is 79.9. The normalized spacial score (nSPS) is 11.3. The Morgan fingerprint density at radius 1 is 1.50 bits per heavy atom. The van der Waals surface area contributed by atoms with Crippen LogP contribution in [0.3, 0.4) is 0 Å². The van der Waals surface area contributed by atoms with Gasteiger partial charge in [0.05, 0.1) is 17.5 Å². The van der Waals surface area contributed by atoms with Gasteiger partial charge in [-0.05, 0) is 35.0 Å². The highest BCUT2D eigenvalue weighted by Crippen LogP contribution is 2.23. The van der Waals surface area contributed by atoms with Crippen LogP contribution in [0.5, 0.6) is 5.75 Å². The van der Waals surface area contributed by atoms with E-state index in [-0.39, 0.29) is 24.4 Å². The Balaban J connectivity index is 0.00000289. The number of rotatable bonds is 6. The van der Waals surface area contributed by atoms with E-state index in [0.717, 1.165) is 10.2 Å². The summed E-state index contributed by atoms with van der Waals surface area (Å²) >= 11 is 3.37. The quantitative estimate of drug-likeness (QED) is 0.835. The molecule has 0 spiro atoms. The predicted molar refractivity (Wildman–Crippen MR) is 78.2 cm³/mol. The van der Waals surface area contributed by atoms with Crippen molar-refractivity contribution < 1.29 is 9.53 Å². The number of hydrogen-bond acceptors (Lipinski definition) is 3. The Kier molecular flexibility index (Phi) is 8.79. The van der Waals surface area contributed by atoms with Crippen molar-refractivity contribution in [2.45, 2.75) is 19.4 Å². The molecule has 1 rings (SSSR count). The third kappa shape index (κ3) is 6.23. The van der Waals surface area contributed by atoms with Crippen molar-refractivity contribution in [2.75, 3.05) is 13.2 Å². The van der Waals surface area contributed by atoms with Crippen LogP contribution in [-0.2, 0) is 4.79 Å². The molecule has 0 bridgehead atoms. The minimum absolute atomic E-state index is 0. The van der Waals surface area contributed by atoms with Crippen LogP contribution in [0.15, 0.2) is 28.7 Å². The highest BCUT2D eigenvalue weighted by Gasteiger charge is 2.06. The minimum Gasteiger partial charge on any atom is -0.492 e. The fourth-order valence-corrected chi connectivity index (χ4v) is 1.62. The SMILES string of the molecule is C[C@@H](CN)NC(=O)CCOc1ccccc1Br.Cl. The Hall–Kier alpha value is -0.780. The summed E-state index contributed by atoms with van der Waals surface area (Å²) in [6.07, 6.45) is 0.325. The number of amides is 1. The lowest BCUT2D eigenvalue weighted by Crippen LogP contribution is -2.38. The summed E-state index contributed by atoms with van der Waals surface area (Å²) in [5.74, 6) is 0.696. The number of carbonyl (C=O) groups excluding carboxylic acids is 1. The van der Waals surface area contributed by atoms with Crippen molar-refractivity contribution in [2.24, 2.45) is 5.73 Å². The van der Waals surface area contributed by atoms with Crippen molar-refractivity contribution in [1.82, 2.24) is 5.32 Å². The van der Waals surface area contributed by atoms with E-state index in [4.69, 9.17) is 10.5 Å². The fourth-order valence-electron chi connectivity index (χ4n) is 1.22. The second-order valence-corrected chi connectivity index (χ2v) is 4.59. The molecule has 6 heteroatoms. The van der Waals surface area contributed by atoms with E-state index in [0.29, 0.717) is 19.6 Å². The topological polar surface area (TPSA) is 64.3 Å².